The summed E-state index contributed by atoms with van der Waals surface area (Å²) in [6.07, 6.45) is -3.62. The van der Waals surface area contributed by atoms with Crippen molar-refractivity contribution in [1.29, 1.82) is 0 Å². The Labute approximate surface area is 187 Å². The number of thiazole rings is 1. The third kappa shape index (κ3) is 6.92. The number of benzene rings is 1. The number of nitrogens with one attached hydrogen (secondary N) is 2. The summed E-state index contributed by atoms with van der Waals surface area (Å²) in [6, 6.07) is 2.36. The molecule has 0 unspecified atom stereocenters. The van der Waals surface area contributed by atoms with Gasteiger partial charge < -0.3 is 10.1 Å². The highest BCUT2D eigenvalue weighted by Gasteiger charge is 2.36. The lowest BCUT2D eigenvalue weighted by Gasteiger charge is -2.13. The van der Waals surface area contributed by atoms with Crippen molar-refractivity contribution >= 4 is 38.3 Å². The first-order valence-electron chi connectivity index (χ1n) is 9.42. The molecule has 2 N–H and O–H groups in total. The van der Waals surface area contributed by atoms with E-state index in [4.69, 9.17) is 4.74 Å². The van der Waals surface area contributed by atoms with E-state index in [-0.39, 0.29) is 36.2 Å². The van der Waals surface area contributed by atoms with Crippen LogP contribution in [0.3, 0.4) is 0 Å². The number of aromatic nitrogens is 1. The number of alkyl halides is 3. The third-order valence-corrected chi connectivity index (χ3v) is 6.39. The Morgan fingerprint density at radius 1 is 1.25 bits per heavy atom. The summed E-state index contributed by atoms with van der Waals surface area (Å²) in [4.78, 5) is 26.9. The quantitative estimate of drug-likeness (QED) is 0.424. The Kier molecular flexibility index (Phi) is 8.24. The molecule has 0 atom stereocenters. The predicted octanol–water partition coefficient (Wildman–Crippen LogP) is 4.01. The van der Waals surface area contributed by atoms with E-state index in [0.29, 0.717) is 23.2 Å². The second-order valence-corrected chi connectivity index (χ2v) is 9.69. The van der Waals surface area contributed by atoms with Crippen molar-refractivity contribution in [2.75, 3.05) is 24.7 Å². The maximum atomic E-state index is 13.4. The average Bonchev–Trinajstić information content (AvgIpc) is 3.03. The molecule has 0 bridgehead atoms. The first-order chi connectivity index (χ1) is 14.8. The number of halogens is 3. The molecular weight excluding hydrogens is 471 g/mol. The van der Waals surface area contributed by atoms with Crippen LogP contribution in [0.25, 0.3) is 10.4 Å². The van der Waals surface area contributed by atoms with Crippen LogP contribution in [0.15, 0.2) is 23.1 Å². The summed E-state index contributed by atoms with van der Waals surface area (Å²) in [5.74, 6) is -0.366. The van der Waals surface area contributed by atoms with E-state index in [9.17, 15) is 31.2 Å². The zero-order valence-corrected chi connectivity index (χ0v) is 19.1. The molecule has 2 amide bonds. The highest BCUT2D eigenvalue weighted by atomic mass is 32.2. The first-order valence-corrected chi connectivity index (χ1v) is 12.1. The molecule has 13 heteroatoms. The van der Waals surface area contributed by atoms with Crippen molar-refractivity contribution < 1.29 is 35.9 Å². The first kappa shape index (κ1) is 25.6. The van der Waals surface area contributed by atoms with Gasteiger partial charge in [0.2, 0.25) is 0 Å². The highest BCUT2D eigenvalue weighted by Crippen LogP contribution is 2.39. The molecule has 0 spiro atoms. The van der Waals surface area contributed by atoms with Gasteiger partial charge in [0.25, 0.3) is 0 Å². The van der Waals surface area contributed by atoms with Crippen LogP contribution in [0.1, 0.15) is 31.0 Å². The van der Waals surface area contributed by atoms with Crippen LogP contribution in [0, 0.1) is 6.92 Å². The lowest BCUT2D eigenvalue weighted by atomic mass is 10.1. The van der Waals surface area contributed by atoms with Crippen LogP contribution in [0.4, 0.5) is 23.1 Å². The second kappa shape index (κ2) is 10.3. The molecule has 1 aromatic carbocycles. The van der Waals surface area contributed by atoms with Gasteiger partial charge >= 0.3 is 18.2 Å². The molecule has 0 fully saturated rings. The maximum absolute atomic E-state index is 13.4. The molecule has 1 heterocycles. The van der Waals surface area contributed by atoms with Gasteiger partial charge in [-0.15, -0.1) is 0 Å². The number of hydrogen-bond donors (Lipinski definition) is 2. The van der Waals surface area contributed by atoms with Crippen molar-refractivity contribution in [1.82, 2.24) is 10.3 Å². The fraction of sp³-hybridized carbons (Fsp3) is 0.421. The topological polar surface area (TPSA) is 114 Å². The van der Waals surface area contributed by atoms with Gasteiger partial charge in [-0.25, -0.2) is 18.2 Å². The van der Waals surface area contributed by atoms with E-state index in [2.05, 4.69) is 15.6 Å². The van der Waals surface area contributed by atoms with Crippen molar-refractivity contribution in [2.24, 2.45) is 0 Å². The van der Waals surface area contributed by atoms with Gasteiger partial charge in [-0.2, -0.15) is 13.2 Å². The number of anilines is 1. The Balaban J connectivity index is 2.13. The third-order valence-electron chi connectivity index (χ3n) is 4.11. The van der Waals surface area contributed by atoms with E-state index in [0.717, 1.165) is 23.5 Å². The van der Waals surface area contributed by atoms with Gasteiger partial charge in [0, 0.05) is 19.2 Å². The van der Waals surface area contributed by atoms with Crippen LogP contribution < -0.4 is 10.6 Å². The number of carbonyl (C=O) groups is 2. The Hall–Kier alpha value is -2.67. The minimum atomic E-state index is -4.86. The molecule has 0 saturated carbocycles. The van der Waals surface area contributed by atoms with Gasteiger partial charge in [0.1, 0.15) is 0 Å². The van der Waals surface area contributed by atoms with Gasteiger partial charge in [-0.05, 0) is 38.0 Å². The molecule has 0 aliphatic heterocycles. The standard InChI is InChI=1S/C19H22F3N3O5S2/c1-4-30-15(26)6-5-9-23-17(27)25-18-24-11(2)16(31-18)12-7-8-14(32(3,28)29)13(10-12)19(20,21)22/h7-8,10H,4-6,9H2,1-3H3,(H2,23,24,25,27). The molecule has 2 aromatic rings. The van der Waals surface area contributed by atoms with Gasteiger partial charge in [-0.3, -0.25) is 10.1 Å². The van der Waals surface area contributed by atoms with Crippen LogP contribution in [0.2, 0.25) is 0 Å². The van der Waals surface area contributed by atoms with Gasteiger partial charge in [0.05, 0.1) is 27.6 Å². The molecule has 0 aliphatic carbocycles. The molecule has 0 aliphatic rings. The number of sulfone groups is 1. The number of aryl methyl sites for hydroxylation is 1. The van der Waals surface area contributed by atoms with E-state index < -0.39 is 32.5 Å². The SMILES string of the molecule is CCOC(=O)CCCNC(=O)Nc1nc(C)c(-c2ccc(S(C)(=O)=O)c(C(F)(F)F)c2)s1. The number of esters is 1. The van der Waals surface area contributed by atoms with Crippen LogP contribution in [-0.2, 0) is 25.5 Å². The van der Waals surface area contributed by atoms with Crippen molar-refractivity contribution in [3.8, 4) is 10.4 Å². The average molecular weight is 494 g/mol. The maximum Gasteiger partial charge on any atom is 0.417 e. The van der Waals surface area contributed by atoms with Crippen LogP contribution >= 0.6 is 11.3 Å². The molecular formula is C19H22F3N3O5S2. The number of amides is 2. The lowest BCUT2D eigenvalue weighted by molar-refractivity contribution is -0.143. The summed E-state index contributed by atoms with van der Waals surface area (Å²) in [5.41, 5.74) is -0.769. The molecule has 1 aromatic heterocycles. The second-order valence-electron chi connectivity index (χ2n) is 6.70. The fourth-order valence-corrected chi connectivity index (χ4v) is 4.59. The molecule has 32 heavy (non-hydrogen) atoms. The van der Waals surface area contributed by atoms with Crippen molar-refractivity contribution in [3.63, 3.8) is 0 Å². The van der Waals surface area contributed by atoms with E-state index in [1.807, 2.05) is 0 Å². The molecule has 2 rings (SSSR count). The van der Waals surface area contributed by atoms with Crippen molar-refractivity contribution in [3.05, 3.63) is 29.5 Å². The monoisotopic (exact) mass is 493 g/mol. The zero-order valence-electron chi connectivity index (χ0n) is 17.5. The Morgan fingerprint density at radius 3 is 2.53 bits per heavy atom. The number of carbonyl (C=O) groups excluding carboxylic acids is 2. The van der Waals surface area contributed by atoms with Crippen molar-refractivity contribution in [2.45, 2.75) is 37.8 Å². The Bertz CT molecular complexity index is 1100. The molecule has 8 nitrogen and oxygen atoms in total. The Morgan fingerprint density at radius 2 is 1.94 bits per heavy atom. The van der Waals surface area contributed by atoms with E-state index in [1.54, 1.807) is 13.8 Å². The summed E-state index contributed by atoms with van der Waals surface area (Å²) in [5, 5.41) is 5.19. The number of urea groups is 1. The summed E-state index contributed by atoms with van der Waals surface area (Å²) >= 11 is 0.950. The van der Waals surface area contributed by atoms with E-state index >= 15 is 0 Å². The summed E-state index contributed by atoms with van der Waals surface area (Å²) in [7, 11) is -4.08. The molecule has 0 radical (unpaired) electrons. The van der Waals surface area contributed by atoms with Crippen LogP contribution in [0.5, 0.6) is 0 Å². The molecule has 176 valence electrons. The van der Waals surface area contributed by atoms with Gasteiger partial charge in [0.15, 0.2) is 15.0 Å². The largest absolute Gasteiger partial charge is 0.466 e. The zero-order chi connectivity index (χ0) is 24.1. The number of rotatable bonds is 8. The fourth-order valence-electron chi connectivity index (χ4n) is 2.74. The smallest absolute Gasteiger partial charge is 0.417 e. The number of hydrogen-bond acceptors (Lipinski definition) is 7. The summed E-state index contributed by atoms with van der Waals surface area (Å²) in [6.45, 7) is 3.74. The predicted molar refractivity (Wildman–Crippen MR) is 113 cm³/mol. The van der Waals surface area contributed by atoms with Gasteiger partial charge in [-0.1, -0.05) is 17.4 Å². The summed E-state index contributed by atoms with van der Waals surface area (Å²) < 4.78 is 68.5. The highest BCUT2D eigenvalue weighted by molar-refractivity contribution is 7.90. The number of ether oxygens (including phenoxy) is 1. The minimum absolute atomic E-state index is 0.127. The minimum Gasteiger partial charge on any atom is -0.466 e. The lowest BCUT2D eigenvalue weighted by Crippen LogP contribution is -2.29. The normalized spacial score (nSPS) is 11.8. The molecule has 0 saturated heterocycles. The van der Waals surface area contributed by atoms with Crippen LogP contribution in [-0.4, -0.2) is 44.8 Å². The van der Waals surface area contributed by atoms with E-state index in [1.165, 1.54) is 6.07 Å². The number of nitrogens with zero attached hydrogens (tertiary/aromatic N) is 1.